The molecule has 0 spiro atoms. The van der Waals surface area contributed by atoms with Gasteiger partial charge in [-0.3, -0.25) is 4.40 Å². The molecule has 0 N–H and O–H groups in total. The SMILES string of the molecule is Cc1cc(C)c(N=Nc2c(C(C)(C)C)nc3c(C)cccn23)c(C)c1. The third-order valence-corrected chi connectivity index (χ3v) is 4.41. The zero-order valence-electron chi connectivity index (χ0n) is 16.2. The van der Waals surface area contributed by atoms with E-state index in [0.717, 1.165) is 39.5 Å². The van der Waals surface area contributed by atoms with Crippen molar-refractivity contribution < 1.29 is 0 Å². The number of imidazole rings is 1. The van der Waals surface area contributed by atoms with Gasteiger partial charge in [-0.15, -0.1) is 10.2 Å². The Hall–Kier alpha value is -2.49. The molecule has 0 aliphatic rings. The zero-order valence-corrected chi connectivity index (χ0v) is 16.2. The lowest BCUT2D eigenvalue weighted by molar-refractivity contribution is 0.573. The third-order valence-electron chi connectivity index (χ3n) is 4.41. The van der Waals surface area contributed by atoms with Crippen molar-refractivity contribution in [3.63, 3.8) is 0 Å². The van der Waals surface area contributed by atoms with Crippen LogP contribution in [-0.2, 0) is 5.41 Å². The van der Waals surface area contributed by atoms with E-state index in [9.17, 15) is 0 Å². The average molecular weight is 334 g/mol. The molecular weight excluding hydrogens is 308 g/mol. The summed E-state index contributed by atoms with van der Waals surface area (Å²) in [5, 5.41) is 9.26. The lowest BCUT2D eigenvalue weighted by Crippen LogP contribution is -2.11. The smallest absolute Gasteiger partial charge is 0.183 e. The van der Waals surface area contributed by atoms with Gasteiger partial charge in [0.15, 0.2) is 5.82 Å². The molecule has 2 aromatic heterocycles. The van der Waals surface area contributed by atoms with Crippen molar-refractivity contribution in [2.45, 2.75) is 53.9 Å². The number of benzene rings is 1. The number of hydrogen-bond acceptors (Lipinski definition) is 3. The van der Waals surface area contributed by atoms with Crippen LogP contribution in [0.1, 0.15) is 48.7 Å². The molecule has 0 aliphatic heterocycles. The van der Waals surface area contributed by atoms with Crippen LogP contribution in [0.15, 0.2) is 40.7 Å². The molecule has 0 aliphatic carbocycles. The maximum atomic E-state index is 4.86. The maximum Gasteiger partial charge on any atom is 0.183 e. The summed E-state index contributed by atoms with van der Waals surface area (Å²) in [6, 6.07) is 8.39. The van der Waals surface area contributed by atoms with Crippen molar-refractivity contribution in [2.75, 3.05) is 0 Å². The number of aromatic nitrogens is 2. The number of fused-ring (bicyclic) bond motifs is 1. The first-order valence-corrected chi connectivity index (χ1v) is 8.66. The second-order valence-corrected chi connectivity index (χ2v) is 7.87. The fourth-order valence-electron chi connectivity index (χ4n) is 3.22. The van der Waals surface area contributed by atoms with E-state index in [1.165, 1.54) is 5.56 Å². The van der Waals surface area contributed by atoms with Crippen molar-refractivity contribution in [3.05, 3.63) is 58.4 Å². The Bertz CT molecular complexity index is 948. The first kappa shape index (κ1) is 17.3. The van der Waals surface area contributed by atoms with Crippen molar-refractivity contribution in [1.29, 1.82) is 0 Å². The van der Waals surface area contributed by atoms with Crippen molar-refractivity contribution in [3.8, 4) is 0 Å². The van der Waals surface area contributed by atoms with Crippen LogP contribution < -0.4 is 0 Å². The Labute approximate surface area is 149 Å². The van der Waals surface area contributed by atoms with Crippen LogP contribution in [0, 0.1) is 27.7 Å². The number of rotatable bonds is 2. The summed E-state index contributed by atoms with van der Waals surface area (Å²) in [5.41, 5.74) is 7.41. The summed E-state index contributed by atoms with van der Waals surface area (Å²) in [6.07, 6.45) is 2.01. The van der Waals surface area contributed by atoms with Crippen molar-refractivity contribution in [2.24, 2.45) is 10.2 Å². The number of hydrogen-bond donors (Lipinski definition) is 0. The quantitative estimate of drug-likeness (QED) is 0.508. The van der Waals surface area contributed by atoms with E-state index < -0.39 is 0 Å². The minimum absolute atomic E-state index is 0.107. The van der Waals surface area contributed by atoms with E-state index in [0.29, 0.717) is 0 Å². The molecule has 3 aromatic rings. The molecule has 0 fully saturated rings. The van der Waals surface area contributed by atoms with Gasteiger partial charge in [0.25, 0.3) is 0 Å². The van der Waals surface area contributed by atoms with E-state index in [4.69, 9.17) is 4.98 Å². The largest absolute Gasteiger partial charge is 0.283 e. The number of pyridine rings is 1. The molecule has 25 heavy (non-hydrogen) atoms. The Balaban J connectivity index is 2.21. The predicted octanol–water partition coefficient (Wildman–Crippen LogP) is 6.28. The van der Waals surface area contributed by atoms with E-state index >= 15 is 0 Å². The maximum absolute atomic E-state index is 4.86. The van der Waals surface area contributed by atoms with E-state index in [-0.39, 0.29) is 5.41 Å². The van der Waals surface area contributed by atoms with Gasteiger partial charge in [0.2, 0.25) is 0 Å². The minimum atomic E-state index is -0.107. The van der Waals surface area contributed by atoms with Gasteiger partial charge >= 0.3 is 0 Å². The van der Waals surface area contributed by atoms with Gasteiger partial charge in [0, 0.05) is 11.6 Å². The first-order valence-electron chi connectivity index (χ1n) is 8.66. The van der Waals surface area contributed by atoms with Crippen LogP contribution in [0.4, 0.5) is 11.5 Å². The van der Waals surface area contributed by atoms with E-state index in [1.807, 2.05) is 16.7 Å². The third kappa shape index (κ3) is 3.21. The van der Waals surface area contributed by atoms with Crippen LogP contribution in [0.3, 0.4) is 0 Å². The highest BCUT2D eigenvalue weighted by Gasteiger charge is 2.24. The highest BCUT2D eigenvalue weighted by atomic mass is 15.2. The van der Waals surface area contributed by atoms with Crippen LogP contribution in [-0.4, -0.2) is 9.38 Å². The Morgan fingerprint density at radius 1 is 0.920 bits per heavy atom. The average Bonchev–Trinajstić information content (AvgIpc) is 2.86. The second kappa shape index (κ2) is 6.10. The summed E-state index contributed by atoms with van der Waals surface area (Å²) in [5.74, 6) is 0.811. The lowest BCUT2D eigenvalue weighted by Gasteiger charge is -2.15. The van der Waals surface area contributed by atoms with Gasteiger partial charge in [0.05, 0.1) is 11.4 Å². The molecule has 0 radical (unpaired) electrons. The molecule has 0 bridgehead atoms. The van der Waals surface area contributed by atoms with Crippen molar-refractivity contribution >= 4 is 17.2 Å². The first-order chi connectivity index (χ1) is 11.7. The summed E-state index contributed by atoms with van der Waals surface area (Å²) >= 11 is 0. The summed E-state index contributed by atoms with van der Waals surface area (Å²) in [7, 11) is 0. The molecule has 0 atom stereocenters. The van der Waals surface area contributed by atoms with Gasteiger partial charge in [-0.1, -0.05) is 44.5 Å². The predicted molar refractivity (Wildman–Crippen MR) is 103 cm³/mol. The Kier molecular flexibility index (Phi) is 4.23. The molecule has 3 rings (SSSR count). The van der Waals surface area contributed by atoms with E-state index in [1.54, 1.807) is 0 Å². The standard InChI is InChI=1S/C21H26N4/c1-13-11-15(3)17(16(4)12-13)23-24-20-18(21(5,6)7)22-19-14(2)9-8-10-25(19)20/h8-12H,1-7H3. The van der Waals surface area contributed by atoms with Gasteiger partial charge in [-0.05, 0) is 50.5 Å². The Morgan fingerprint density at radius 2 is 1.56 bits per heavy atom. The lowest BCUT2D eigenvalue weighted by atomic mass is 9.92. The summed E-state index contributed by atoms with van der Waals surface area (Å²) < 4.78 is 2.04. The molecule has 0 saturated heterocycles. The molecule has 0 amide bonds. The van der Waals surface area contributed by atoms with Crippen LogP contribution in [0.2, 0.25) is 0 Å². The fraction of sp³-hybridized carbons (Fsp3) is 0.381. The van der Waals surface area contributed by atoms with Crippen LogP contribution in [0.5, 0.6) is 0 Å². The number of aryl methyl sites for hydroxylation is 4. The topological polar surface area (TPSA) is 42.0 Å². The van der Waals surface area contributed by atoms with Gasteiger partial charge in [-0.2, -0.15) is 0 Å². The molecule has 1 aromatic carbocycles. The van der Waals surface area contributed by atoms with Crippen molar-refractivity contribution in [1.82, 2.24) is 9.38 Å². The molecule has 130 valence electrons. The molecule has 4 nitrogen and oxygen atoms in total. The number of azo groups is 1. The number of nitrogens with zero attached hydrogens (tertiary/aromatic N) is 4. The van der Waals surface area contributed by atoms with Crippen LogP contribution >= 0.6 is 0 Å². The monoisotopic (exact) mass is 334 g/mol. The Morgan fingerprint density at radius 3 is 2.16 bits per heavy atom. The molecule has 0 saturated carbocycles. The molecule has 2 heterocycles. The fourth-order valence-corrected chi connectivity index (χ4v) is 3.22. The highest BCUT2D eigenvalue weighted by Crippen LogP contribution is 2.35. The van der Waals surface area contributed by atoms with E-state index in [2.05, 4.69) is 76.9 Å². The van der Waals surface area contributed by atoms with Crippen LogP contribution in [0.25, 0.3) is 5.65 Å². The normalized spacial score (nSPS) is 12.4. The molecule has 4 heteroatoms. The second-order valence-electron chi connectivity index (χ2n) is 7.87. The highest BCUT2D eigenvalue weighted by molar-refractivity contribution is 5.59. The molecule has 0 unspecified atom stereocenters. The zero-order chi connectivity index (χ0) is 18.4. The molecular formula is C21H26N4. The van der Waals surface area contributed by atoms with Gasteiger partial charge in [-0.25, -0.2) is 4.98 Å². The summed E-state index contributed by atoms with van der Waals surface area (Å²) in [4.78, 5) is 4.86. The van der Waals surface area contributed by atoms with Gasteiger partial charge in [0.1, 0.15) is 5.65 Å². The van der Waals surface area contributed by atoms with Gasteiger partial charge < -0.3 is 0 Å². The minimum Gasteiger partial charge on any atom is -0.283 e. The summed E-state index contributed by atoms with van der Waals surface area (Å²) in [6.45, 7) is 14.8.